The molecule has 88 valence electrons. The molecule has 0 atom stereocenters. The van der Waals surface area contributed by atoms with Gasteiger partial charge < -0.3 is 15.8 Å². The highest BCUT2D eigenvalue weighted by atomic mass is 16.4. The third kappa shape index (κ3) is 2.45. The largest absolute Gasteiger partial charge is 0.409 e. The molecule has 0 amide bonds. The van der Waals surface area contributed by atoms with Crippen LogP contribution in [-0.2, 0) is 0 Å². The molecular weight excluding hydrogens is 202 g/mol. The average molecular weight is 221 g/mol. The Morgan fingerprint density at radius 3 is 2.44 bits per heavy atom. The summed E-state index contributed by atoms with van der Waals surface area (Å²) in [5, 5.41) is 11.6. The molecule has 1 rings (SSSR count). The van der Waals surface area contributed by atoms with Gasteiger partial charge in [0.2, 0.25) is 0 Å². The maximum atomic E-state index is 8.60. The van der Waals surface area contributed by atoms with Gasteiger partial charge in [-0.3, -0.25) is 0 Å². The fourth-order valence-electron chi connectivity index (χ4n) is 1.79. The maximum Gasteiger partial charge on any atom is 0.170 e. The first-order chi connectivity index (χ1) is 7.63. The van der Waals surface area contributed by atoms with Gasteiger partial charge in [-0.25, -0.2) is 0 Å². The first-order valence-corrected chi connectivity index (χ1v) is 5.47. The highest BCUT2D eigenvalue weighted by Crippen LogP contribution is 2.20. The van der Waals surface area contributed by atoms with E-state index in [4.69, 9.17) is 10.9 Å². The second kappa shape index (κ2) is 5.39. The van der Waals surface area contributed by atoms with Crippen molar-refractivity contribution in [3.8, 4) is 0 Å². The van der Waals surface area contributed by atoms with Gasteiger partial charge in [0.1, 0.15) is 0 Å². The Morgan fingerprint density at radius 1 is 1.38 bits per heavy atom. The van der Waals surface area contributed by atoms with E-state index in [0.29, 0.717) is 0 Å². The molecule has 1 aromatic rings. The number of hydrogen-bond donors (Lipinski definition) is 2. The van der Waals surface area contributed by atoms with Crippen molar-refractivity contribution >= 4 is 11.5 Å². The molecule has 0 unspecified atom stereocenters. The smallest absolute Gasteiger partial charge is 0.170 e. The second-order valence-electron chi connectivity index (χ2n) is 3.66. The Balaban J connectivity index is 3.09. The Morgan fingerprint density at radius 2 is 2.00 bits per heavy atom. The highest BCUT2D eigenvalue weighted by molar-refractivity contribution is 5.97. The van der Waals surface area contributed by atoms with Gasteiger partial charge in [-0.2, -0.15) is 0 Å². The number of anilines is 1. The van der Waals surface area contributed by atoms with Gasteiger partial charge in [-0.15, -0.1) is 0 Å². The zero-order valence-corrected chi connectivity index (χ0v) is 10.1. The zero-order valence-electron chi connectivity index (χ0n) is 10.1. The summed E-state index contributed by atoms with van der Waals surface area (Å²) in [5.74, 6) is 0.147. The minimum Gasteiger partial charge on any atom is -0.409 e. The van der Waals surface area contributed by atoms with Crippen LogP contribution in [0.4, 0.5) is 5.69 Å². The Bertz CT molecular complexity index is 384. The maximum absolute atomic E-state index is 8.60. The molecule has 0 saturated heterocycles. The molecule has 1 aromatic carbocycles. The molecule has 0 aliphatic heterocycles. The van der Waals surface area contributed by atoms with Gasteiger partial charge in [0.15, 0.2) is 5.84 Å². The molecule has 0 aromatic heterocycles. The van der Waals surface area contributed by atoms with Gasteiger partial charge in [0, 0.05) is 24.3 Å². The van der Waals surface area contributed by atoms with Gasteiger partial charge in [0.25, 0.3) is 0 Å². The molecule has 0 spiro atoms. The molecule has 4 nitrogen and oxygen atoms in total. The summed E-state index contributed by atoms with van der Waals surface area (Å²) in [6.45, 7) is 8.23. The van der Waals surface area contributed by atoms with Gasteiger partial charge in [0.05, 0.1) is 0 Å². The quantitative estimate of drug-likeness (QED) is 0.353. The van der Waals surface area contributed by atoms with E-state index in [1.165, 1.54) is 5.69 Å². The fourth-order valence-corrected chi connectivity index (χ4v) is 1.79. The summed E-state index contributed by atoms with van der Waals surface area (Å²) in [4.78, 5) is 2.27. The summed E-state index contributed by atoms with van der Waals surface area (Å²) >= 11 is 0. The van der Waals surface area contributed by atoms with Crippen molar-refractivity contribution in [2.75, 3.05) is 18.0 Å². The van der Waals surface area contributed by atoms with E-state index in [9.17, 15) is 0 Å². The SMILES string of the molecule is CCN(CC)c1ccc(/C(N)=N/O)cc1C. The van der Waals surface area contributed by atoms with E-state index < -0.39 is 0 Å². The van der Waals surface area contributed by atoms with E-state index in [-0.39, 0.29) is 5.84 Å². The van der Waals surface area contributed by atoms with Crippen molar-refractivity contribution in [2.24, 2.45) is 10.9 Å². The highest BCUT2D eigenvalue weighted by Gasteiger charge is 2.07. The van der Waals surface area contributed by atoms with Crippen molar-refractivity contribution in [3.05, 3.63) is 29.3 Å². The number of hydrogen-bond acceptors (Lipinski definition) is 3. The third-order valence-corrected chi connectivity index (χ3v) is 2.70. The Kier molecular flexibility index (Phi) is 4.17. The fraction of sp³-hybridized carbons (Fsp3) is 0.417. The lowest BCUT2D eigenvalue weighted by molar-refractivity contribution is 0.318. The molecule has 0 saturated carbocycles. The van der Waals surface area contributed by atoms with Crippen LogP contribution in [0, 0.1) is 6.92 Å². The number of nitrogens with two attached hydrogens (primary N) is 1. The number of nitrogens with zero attached hydrogens (tertiary/aromatic N) is 2. The standard InChI is InChI=1S/C12H19N3O/c1-4-15(5-2)11-7-6-10(8-9(11)3)12(13)14-16/h6-8,16H,4-5H2,1-3H3,(H2,13,14). The van der Waals surface area contributed by atoms with Crippen LogP contribution < -0.4 is 10.6 Å². The van der Waals surface area contributed by atoms with E-state index in [1.54, 1.807) is 0 Å². The van der Waals surface area contributed by atoms with E-state index in [0.717, 1.165) is 24.2 Å². The predicted molar refractivity (Wildman–Crippen MR) is 67.3 cm³/mol. The van der Waals surface area contributed by atoms with Gasteiger partial charge in [-0.1, -0.05) is 5.16 Å². The van der Waals surface area contributed by atoms with Crippen LogP contribution >= 0.6 is 0 Å². The third-order valence-electron chi connectivity index (χ3n) is 2.70. The lowest BCUT2D eigenvalue weighted by atomic mass is 10.1. The minimum atomic E-state index is 0.147. The molecule has 3 N–H and O–H groups in total. The first kappa shape index (κ1) is 12.4. The monoisotopic (exact) mass is 221 g/mol. The molecule has 0 bridgehead atoms. The van der Waals surface area contributed by atoms with Crippen molar-refractivity contribution in [1.29, 1.82) is 0 Å². The lowest BCUT2D eigenvalue weighted by Crippen LogP contribution is -2.23. The predicted octanol–water partition coefficient (Wildman–Crippen LogP) is 1.94. The zero-order chi connectivity index (χ0) is 12.1. The number of oxime groups is 1. The van der Waals surface area contributed by atoms with Crippen molar-refractivity contribution in [2.45, 2.75) is 20.8 Å². The van der Waals surface area contributed by atoms with E-state index in [1.807, 2.05) is 25.1 Å². The van der Waals surface area contributed by atoms with Gasteiger partial charge in [-0.05, 0) is 44.5 Å². The summed E-state index contributed by atoms with van der Waals surface area (Å²) in [7, 11) is 0. The molecular formula is C12H19N3O. The molecule has 0 heterocycles. The number of amidine groups is 1. The normalized spacial score (nSPS) is 11.6. The minimum absolute atomic E-state index is 0.147. The Labute approximate surface area is 96.4 Å². The summed E-state index contributed by atoms with van der Waals surface area (Å²) < 4.78 is 0. The topological polar surface area (TPSA) is 61.8 Å². The van der Waals surface area contributed by atoms with E-state index >= 15 is 0 Å². The molecule has 16 heavy (non-hydrogen) atoms. The number of rotatable bonds is 4. The van der Waals surface area contributed by atoms with Crippen molar-refractivity contribution in [1.82, 2.24) is 0 Å². The molecule has 0 aliphatic rings. The van der Waals surface area contributed by atoms with Crippen LogP contribution in [0.3, 0.4) is 0 Å². The molecule has 4 heteroatoms. The summed E-state index contributed by atoms with van der Waals surface area (Å²) in [6, 6.07) is 5.81. The summed E-state index contributed by atoms with van der Waals surface area (Å²) in [5.41, 5.74) is 8.61. The van der Waals surface area contributed by atoms with Gasteiger partial charge >= 0.3 is 0 Å². The second-order valence-corrected chi connectivity index (χ2v) is 3.66. The van der Waals surface area contributed by atoms with Crippen LogP contribution in [0.25, 0.3) is 0 Å². The molecule has 0 aliphatic carbocycles. The average Bonchev–Trinajstić information content (AvgIpc) is 2.31. The van der Waals surface area contributed by atoms with Crippen LogP contribution in [0.2, 0.25) is 0 Å². The van der Waals surface area contributed by atoms with Crippen molar-refractivity contribution in [3.63, 3.8) is 0 Å². The van der Waals surface area contributed by atoms with Crippen LogP contribution in [0.1, 0.15) is 25.0 Å². The van der Waals surface area contributed by atoms with E-state index in [2.05, 4.69) is 23.9 Å². The number of aryl methyl sites for hydroxylation is 1. The van der Waals surface area contributed by atoms with Crippen LogP contribution in [0.15, 0.2) is 23.4 Å². The molecule has 0 fully saturated rings. The number of benzene rings is 1. The Hall–Kier alpha value is -1.71. The van der Waals surface area contributed by atoms with Crippen LogP contribution in [-0.4, -0.2) is 24.1 Å². The van der Waals surface area contributed by atoms with Crippen molar-refractivity contribution < 1.29 is 5.21 Å². The lowest BCUT2D eigenvalue weighted by Gasteiger charge is -2.23. The molecule has 0 radical (unpaired) electrons. The summed E-state index contributed by atoms with van der Waals surface area (Å²) in [6.07, 6.45) is 0. The first-order valence-electron chi connectivity index (χ1n) is 5.47. The van der Waals surface area contributed by atoms with Crippen LogP contribution in [0.5, 0.6) is 0 Å².